The molecule has 0 atom stereocenters. The highest BCUT2D eigenvalue weighted by Crippen LogP contribution is 2.12. The molecule has 0 radical (unpaired) electrons. The summed E-state index contributed by atoms with van der Waals surface area (Å²) in [7, 11) is 0. The first-order valence-electron chi connectivity index (χ1n) is 5.06. The summed E-state index contributed by atoms with van der Waals surface area (Å²) in [6.45, 7) is 3.01. The lowest BCUT2D eigenvalue weighted by molar-refractivity contribution is 0.468. The van der Waals surface area contributed by atoms with Crippen molar-refractivity contribution in [2.75, 3.05) is 26.2 Å². The number of hydrogen-bond donors (Lipinski definition) is 1. The van der Waals surface area contributed by atoms with Crippen molar-refractivity contribution in [3.8, 4) is 0 Å². The second kappa shape index (κ2) is 4.40. The number of rotatable bonds is 3. The summed E-state index contributed by atoms with van der Waals surface area (Å²) in [6.07, 6.45) is 0. The van der Waals surface area contributed by atoms with Crippen molar-refractivity contribution in [1.82, 2.24) is 4.90 Å². The predicted octanol–water partition coefficient (Wildman–Crippen LogP) is 0.847. The van der Waals surface area contributed by atoms with Crippen LogP contribution in [0.3, 0.4) is 0 Å². The van der Waals surface area contributed by atoms with Gasteiger partial charge in [-0.25, -0.2) is 4.39 Å². The van der Waals surface area contributed by atoms with E-state index in [-0.39, 0.29) is 5.82 Å². The van der Waals surface area contributed by atoms with Crippen LogP contribution in [-0.2, 0) is 0 Å². The van der Waals surface area contributed by atoms with Crippen molar-refractivity contribution < 1.29 is 4.39 Å². The van der Waals surface area contributed by atoms with Gasteiger partial charge >= 0.3 is 0 Å². The summed E-state index contributed by atoms with van der Waals surface area (Å²) in [5.41, 5.74) is 6.34. The number of nitrogens with two attached hydrogens (primary N) is 1. The Kier molecular flexibility index (Phi) is 2.97. The van der Waals surface area contributed by atoms with Crippen LogP contribution in [0.25, 0.3) is 0 Å². The molecular formula is C11H14FN3. The molecule has 0 spiro atoms. The fraction of sp³-hybridized carbons (Fsp3) is 0.364. The Bertz CT molecular complexity index is 376. The zero-order valence-electron chi connectivity index (χ0n) is 8.49. The normalized spacial score (nSPS) is 15.6. The molecule has 0 aromatic heterocycles. The first kappa shape index (κ1) is 10.1. The second-order valence-corrected chi connectivity index (χ2v) is 3.49. The number of benzene rings is 1. The Morgan fingerprint density at radius 3 is 3.07 bits per heavy atom. The van der Waals surface area contributed by atoms with Crippen LogP contribution in [0.5, 0.6) is 0 Å². The number of amidine groups is 1. The highest BCUT2D eigenvalue weighted by Gasteiger charge is 2.17. The Hall–Kier alpha value is -1.42. The minimum absolute atomic E-state index is 0.227. The molecule has 1 aromatic carbocycles. The highest BCUT2D eigenvalue weighted by molar-refractivity contribution is 5.99. The standard InChI is InChI=1S/C11H14FN3/c12-10-3-1-2-9(8-10)11-14-5-7-15(11)6-4-13/h1-3,8H,4-7,13H2. The van der Waals surface area contributed by atoms with Gasteiger partial charge in [0.05, 0.1) is 6.54 Å². The number of nitrogens with zero attached hydrogens (tertiary/aromatic N) is 2. The highest BCUT2D eigenvalue weighted by atomic mass is 19.1. The van der Waals surface area contributed by atoms with E-state index in [0.717, 1.165) is 31.0 Å². The molecule has 0 saturated carbocycles. The summed E-state index contributed by atoms with van der Waals surface area (Å²) in [5.74, 6) is 0.634. The average Bonchev–Trinajstić information content (AvgIpc) is 2.66. The summed E-state index contributed by atoms with van der Waals surface area (Å²) in [6, 6.07) is 6.52. The van der Waals surface area contributed by atoms with Crippen molar-refractivity contribution in [2.24, 2.45) is 10.7 Å². The minimum Gasteiger partial charge on any atom is -0.353 e. The van der Waals surface area contributed by atoms with E-state index in [1.54, 1.807) is 6.07 Å². The Labute approximate surface area is 88.4 Å². The molecule has 0 aliphatic carbocycles. The first-order valence-corrected chi connectivity index (χ1v) is 5.06. The van der Waals surface area contributed by atoms with E-state index in [2.05, 4.69) is 9.89 Å². The van der Waals surface area contributed by atoms with Crippen molar-refractivity contribution >= 4 is 5.84 Å². The van der Waals surface area contributed by atoms with Gasteiger partial charge in [-0.3, -0.25) is 4.99 Å². The van der Waals surface area contributed by atoms with Crippen LogP contribution >= 0.6 is 0 Å². The molecule has 1 aliphatic heterocycles. The lowest BCUT2D eigenvalue weighted by Crippen LogP contribution is -2.33. The zero-order chi connectivity index (χ0) is 10.7. The largest absolute Gasteiger partial charge is 0.353 e. The van der Waals surface area contributed by atoms with E-state index < -0.39 is 0 Å². The lowest BCUT2D eigenvalue weighted by atomic mass is 10.2. The molecule has 4 heteroatoms. The van der Waals surface area contributed by atoms with Gasteiger partial charge in [0.1, 0.15) is 11.7 Å². The van der Waals surface area contributed by atoms with Crippen molar-refractivity contribution in [3.05, 3.63) is 35.6 Å². The van der Waals surface area contributed by atoms with Crippen LogP contribution in [0.1, 0.15) is 5.56 Å². The number of aliphatic imine (C=N–C) groups is 1. The molecule has 15 heavy (non-hydrogen) atoms. The molecule has 0 fully saturated rings. The molecule has 80 valence electrons. The molecule has 0 bridgehead atoms. The van der Waals surface area contributed by atoms with Crippen LogP contribution in [-0.4, -0.2) is 36.9 Å². The number of hydrogen-bond acceptors (Lipinski definition) is 3. The maximum atomic E-state index is 13.0. The third-order valence-corrected chi connectivity index (χ3v) is 2.41. The van der Waals surface area contributed by atoms with E-state index in [9.17, 15) is 4.39 Å². The van der Waals surface area contributed by atoms with Gasteiger partial charge in [-0.15, -0.1) is 0 Å². The first-order chi connectivity index (χ1) is 7.31. The van der Waals surface area contributed by atoms with Gasteiger partial charge in [0.15, 0.2) is 0 Å². The van der Waals surface area contributed by atoms with Gasteiger partial charge in [-0.05, 0) is 12.1 Å². The van der Waals surface area contributed by atoms with Gasteiger partial charge in [0.25, 0.3) is 0 Å². The zero-order valence-corrected chi connectivity index (χ0v) is 8.49. The van der Waals surface area contributed by atoms with E-state index in [4.69, 9.17) is 5.73 Å². The van der Waals surface area contributed by atoms with Crippen molar-refractivity contribution in [2.45, 2.75) is 0 Å². The molecule has 3 nitrogen and oxygen atoms in total. The minimum atomic E-state index is -0.227. The fourth-order valence-corrected chi connectivity index (χ4v) is 1.76. The van der Waals surface area contributed by atoms with Crippen molar-refractivity contribution in [3.63, 3.8) is 0 Å². The quantitative estimate of drug-likeness (QED) is 0.798. The van der Waals surface area contributed by atoms with Crippen LogP contribution < -0.4 is 5.73 Å². The topological polar surface area (TPSA) is 41.6 Å². The summed E-state index contributed by atoms with van der Waals surface area (Å²) in [4.78, 5) is 6.46. The SMILES string of the molecule is NCCN1CCN=C1c1cccc(F)c1. The fourth-order valence-electron chi connectivity index (χ4n) is 1.76. The van der Waals surface area contributed by atoms with E-state index in [0.29, 0.717) is 6.54 Å². The van der Waals surface area contributed by atoms with E-state index >= 15 is 0 Å². The van der Waals surface area contributed by atoms with Crippen LogP contribution in [0, 0.1) is 5.82 Å². The lowest BCUT2D eigenvalue weighted by Gasteiger charge is -2.19. The van der Waals surface area contributed by atoms with Crippen LogP contribution in [0.15, 0.2) is 29.3 Å². The average molecular weight is 207 g/mol. The summed E-state index contributed by atoms with van der Waals surface area (Å²) < 4.78 is 13.0. The molecule has 2 N–H and O–H groups in total. The maximum absolute atomic E-state index is 13.0. The van der Waals surface area contributed by atoms with E-state index in [1.165, 1.54) is 12.1 Å². The summed E-state index contributed by atoms with van der Waals surface area (Å²) in [5, 5.41) is 0. The molecule has 0 saturated heterocycles. The van der Waals surface area contributed by atoms with Gasteiger partial charge in [0, 0.05) is 25.2 Å². The molecule has 1 aliphatic rings. The molecular weight excluding hydrogens is 193 g/mol. The van der Waals surface area contributed by atoms with Gasteiger partial charge in [0.2, 0.25) is 0 Å². The molecule has 0 unspecified atom stereocenters. The van der Waals surface area contributed by atoms with Crippen LogP contribution in [0.2, 0.25) is 0 Å². The Balaban J connectivity index is 2.22. The monoisotopic (exact) mass is 207 g/mol. The smallest absolute Gasteiger partial charge is 0.131 e. The third kappa shape index (κ3) is 2.15. The van der Waals surface area contributed by atoms with E-state index in [1.807, 2.05) is 6.07 Å². The molecule has 2 rings (SSSR count). The Morgan fingerprint density at radius 2 is 2.33 bits per heavy atom. The van der Waals surface area contributed by atoms with Gasteiger partial charge < -0.3 is 10.6 Å². The van der Waals surface area contributed by atoms with Gasteiger partial charge in [-0.1, -0.05) is 12.1 Å². The summed E-state index contributed by atoms with van der Waals surface area (Å²) >= 11 is 0. The second-order valence-electron chi connectivity index (χ2n) is 3.49. The molecule has 0 amide bonds. The molecule has 1 aromatic rings. The van der Waals surface area contributed by atoms with Crippen LogP contribution in [0.4, 0.5) is 4.39 Å². The van der Waals surface area contributed by atoms with Gasteiger partial charge in [-0.2, -0.15) is 0 Å². The Morgan fingerprint density at radius 1 is 1.47 bits per heavy atom. The predicted molar refractivity (Wildman–Crippen MR) is 58.4 cm³/mol. The third-order valence-electron chi connectivity index (χ3n) is 2.41. The molecule has 1 heterocycles. The maximum Gasteiger partial charge on any atom is 0.131 e. The number of halogens is 1. The van der Waals surface area contributed by atoms with Crippen molar-refractivity contribution in [1.29, 1.82) is 0 Å².